The number of hydrogen-bond acceptors (Lipinski definition) is 5. The number of carbonyl (C=O) groups is 2. The minimum absolute atomic E-state index is 0.0906. The topological polar surface area (TPSA) is 75.6 Å². The summed E-state index contributed by atoms with van der Waals surface area (Å²) in [6.45, 7) is 7.97. The number of anilines is 1. The molecule has 2 aliphatic rings. The number of carbonyl (C=O) groups excluding carboxylic acids is 2. The summed E-state index contributed by atoms with van der Waals surface area (Å²) in [5, 5.41) is 0. The monoisotopic (exact) mass is 436 g/mol. The van der Waals surface area contributed by atoms with Crippen molar-refractivity contribution in [2.24, 2.45) is 0 Å². The standard InChI is InChI=1S/C25H32N4O3/c1-16-7-9-21(17(2)14-16)32-13-5-6-23(31)29-12-11-19(15-29)24-26-18(3)20-8-10-22(30)28(4)25(20)27-24/h7,9,14,19H,5-6,8,10-13,15H2,1-4H3/t19-/m0/s1. The van der Waals surface area contributed by atoms with Crippen LogP contribution in [-0.2, 0) is 16.0 Å². The van der Waals surface area contributed by atoms with E-state index in [0.717, 1.165) is 47.2 Å². The summed E-state index contributed by atoms with van der Waals surface area (Å²) < 4.78 is 5.86. The molecule has 3 heterocycles. The van der Waals surface area contributed by atoms with Crippen LogP contribution in [0.2, 0.25) is 0 Å². The molecule has 2 aliphatic heterocycles. The molecule has 1 fully saturated rings. The lowest BCUT2D eigenvalue weighted by molar-refractivity contribution is -0.130. The Morgan fingerprint density at radius 1 is 1.19 bits per heavy atom. The second-order valence-corrected chi connectivity index (χ2v) is 8.97. The molecule has 0 N–H and O–H groups in total. The molecule has 1 saturated heterocycles. The van der Waals surface area contributed by atoms with Gasteiger partial charge >= 0.3 is 0 Å². The Balaban J connectivity index is 1.31. The maximum absolute atomic E-state index is 12.7. The number of aromatic nitrogens is 2. The highest BCUT2D eigenvalue weighted by Gasteiger charge is 2.31. The van der Waals surface area contributed by atoms with E-state index in [1.54, 1.807) is 11.9 Å². The molecule has 0 aliphatic carbocycles. The number of fused-ring (bicyclic) bond motifs is 1. The Labute approximate surface area is 189 Å². The van der Waals surface area contributed by atoms with E-state index in [1.165, 1.54) is 5.56 Å². The largest absolute Gasteiger partial charge is 0.493 e. The quantitative estimate of drug-likeness (QED) is 0.648. The molecule has 32 heavy (non-hydrogen) atoms. The third-order valence-electron chi connectivity index (χ3n) is 6.52. The number of aryl methyl sites for hydroxylation is 3. The highest BCUT2D eigenvalue weighted by Crippen LogP contribution is 2.31. The van der Waals surface area contributed by atoms with Gasteiger partial charge in [-0.2, -0.15) is 0 Å². The summed E-state index contributed by atoms with van der Waals surface area (Å²) in [5.41, 5.74) is 4.33. The van der Waals surface area contributed by atoms with E-state index in [-0.39, 0.29) is 17.7 Å². The maximum atomic E-state index is 12.7. The number of rotatable bonds is 6. The third-order valence-corrected chi connectivity index (χ3v) is 6.52. The highest BCUT2D eigenvalue weighted by molar-refractivity contribution is 5.94. The van der Waals surface area contributed by atoms with Crippen LogP contribution in [0.25, 0.3) is 0 Å². The van der Waals surface area contributed by atoms with Gasteiger partial charge in [-0.15, -0.1) is 0 Å². The second kappa shape index (κ2) is 9.27. The van der Waals surface area contributed by atoms with E-state index >= 15 is 0 Å². The van der Waals surface area contributed by atoms with E-state index in [0.29, 0.717) is 38.8 Å². The Kier molecular flexibility index (Phi) is 6.44. The van der Waals surface area contributed by atoms with Crippen molar-refractivity contribution in [2.75, 3.05) is 31.6 Å². The molecule has 0 saturated carbocycles. The van der Waals surface area contributed by atoms with Crippen molar-refractivity contribution in [3.8, 4) is 5.75 Å². The van der Waals surface area contributed by atoms with Gasteiger partial charge in [0.05, 0.1) is 6.61 Å². The molecular weight excluding hydrogens is 404 g/mol. The Morgan fingerprint density at radius 3 is 2.78 bits per heavy atom. The smallest absolute Gasteiger partial charge is 0.228 e. The molecule has 7 heteroatoms. The molecule has 0 bridgehead atoms. The zero-order valence-electron chi connectivity index (χ0n) is 19.5. The summed E-state index contributed by atoms with van der Waals surface area (Å²) >= 11 is 0. The van der Waals surface area contributed by atoms with Gasteiger partial charge in [-0.25, -0.2) is 9.97 Å². The van der Waals surface area contributed by atoms with Crippen LogP contribution in [-0.4, -0.2) is 53.4 Å². The van der Waals surface area contributed by atoms with Crippen LogP contribution in [0.15, 0.2) is 18.2 Å². The number of benzene rings is 1. The summed E-state index contributed by atoms with van der Waals surface area (Å²) in [4.78, 5) is 37.8. The van der Waals surface area contributed by atoms with E-state index in [4.69, 9.17) is 14.7 Å². The van der Waals surface area contributed by atoms with Crippen LogP contribution in [0.5, 0.6) is 5.75 Å². The molecule has 4 rings (SSSR count). The number of nitrogens with zero attached hydrogens (tertiary/aromatic N) is 4. The first kappa shape index (κ1) is 22.2. The lowest BCUT2D eigenvalue weighted by atomic mass is 10.0. The molecule has 0 radical (unpaired) electrons. The van der Waals surface area contributed by atoms with Gasteiger partial charge in [0, 0.05) is 50.2 Å². The third kappa shape index (κ3) is 4.61. The molecular formula is C25H32N4O3. The van der Waals surface area contributed by atoms with Crippen molar-refractivity contribution in [3.05, 3.63) is 46.4 Å². The van der Waals surface area contributed by atoms with Crippen LogP contribution < -0.4 is 9.64 Å². The van der Waals surface area contributed by atoms with Gasteiger partial charge in [-0.1, -0.05) is 17.7 Å². The van der Waals surface area contributed by atoms with Crippen molar-refractivity contribution >= 4 is 17.6 Å². The first-order valence-electron chi connectivity index (χ1n) is 11.4. The highest BCUT2D eigenvalue weighted by atomic mass is 16.5. The van der Waals surface area contributed by atoms with Crippen LogP contribution in [0, 0.1) is 20.8 Å². The Bertz CT molecular complexity index is 1040. The molecule has 2 aromatic rings. The molecule has 2 amide bonds. The van der Waals surface area contributed by atoms with Crippen LogP contribution in [0.4, 0.5) is 5.82 Å². The minimum atomic E-state index is 0.0906. The van der Waals surface area contributed by atoms with Crippen molar-refractivity contribution < 1.29 is 14.3 Å². The lowest BCUT2D eigenvalue weighted by Gasteiger charge is -2.26. The summed E-state index contributed by atoms with van der Waals surface area (Å²) in [5.74, 6) is 2.72. The maximum Gasteiger partial charge on any atom is 0.228 e. The first-order valence-corrected chi connectivity index (χ1v) is 11.4. The fourth-order valence-electron chi connectivity index (χ4n) is 4.60. The molecule has 1 aromatic carbocycles. The molecule has 1 atom stereocenters. The van der Waals surface area contributed by atoms with Gasteiger partial charge in [0.2, 0.25) is 11.8 Å². The normalized spacial score (nSPS) is 18.1. The van der Waals surface area contributed by atoms with Gasteiger partial charge in [0.25, 0.3) is 0 Å². The fourth-order valence-corrected chi connectivity index (χ4v) is 4.60. The zero-order valence-corrected chi connectivity index (χ0v) is 19.5. The van der Waals surface area contributed by atoms with Crippen molar-refractivity contribution in [2.45, 2.75) is 58.8 Å². The van der Waals surface area contributed by atoms with Crippen molar-refractivity contribution in [1.82, 2.24) is 14.9 Å². The van der Waals surface area contributed by atoms with Gasteiger partial charge in [0.15, 0.2) is 0 Å². The van der Waals surface area contributed by atoms with Gasteiger partial charge in [-0.05, 0) is 51.7 Å². The zero-order chi connectivity index (χ0) is 22.8. The van der Waals surface area contributed by atoms with Gasteiger partial charge in [-0.3, -0.25) is 14.5 Å². The Hall–Kier alpha value is -2.96. The predicted molar refractivity (Wildman–Crippen MR) is 123 cm³/mol. The molecule has 170 valence electrons. The summed E-state index contributed by atoms with van der Waals surface area (Å²) in [6.07, 6.45) is 3.21. The van der Waals surface area contributed by atoms with E-state index in [2.05, 4.69) is 13.0 Å². The minimum Gasteiger partial charge on any atom is -0.493 e. The average Bonchev–Trinajstić information content (AvgIpc) is 3.25. The van der Waals surface area contributed by atoms with Crippen molar-refractivity contribution in [3.63, 3.8) is 0 Å². The SMILES string of the molecule is Cc1ccc(OCCCC(=O)N2CC[C@H](c3nc(C)c4c(n3)N(C)C(=O)CC4)C2)c(C)c1. The number of amides is 2. The van der Waals surface area contributed by atoms with Gasteiger partial charge < -0.3 is 9.64 Å². The molecule has 0 unspecified atom stereocenters. The Morgan fingerprint density at radius 2 is 2.00 bits per heavy atom. The lowest BCUT2D eigenvalue weighted by Crippen LogP contribution is -2.33. The average molecular weight is 437 g/mol. The predicted octanol–water partition coefficient (Wildman–Crippen LogP) is 3.49. The number of ether oxygens (including phenoxy) is 1. The molecule has 7 nitrogen and oxygen atoms in total. The van der Waals surface area contributed by atoms with Crippen LogP contribution in [0.1, 0.15) is 59.8 Å². The first-order chi connectivity index (χ1) is 15.3. The molecule has 0 spiro atoms. The number of hydrogen-bond donors (Lipinski definition) is 0. The number of likely N-dealkylation sites (tertiary alicyclic amines) is 1. The summed E-state index contributed by atoms with van der Waals surface area (Å²) in [7, 11) is 1.78. The van der Waals surface area contributed by atoms with Crippen LogP contribution >= 0.6 is 0 Å². The van der Waals surface area contributed by atoms with Gasteiger partial charge in [0.1, 0.15) is 17.4 Å². The van der Waals surface area contributed by atoms with Crippen molar-refractivity contribution in [1.29, 1.82) is 0 Å². The fraction of sp³-hybridized carbons (Fsp3) is 0.520. The summed E-state index contributed by atoms with van der Waals surface area (Å²) in [6, 6.07) is 6.13. The molecule has 1 aromatic heterocycles. The van der Waals surface area contributed by atoms with E-state index in [1.807, 2.05) is 30.9 Å². The van der Waals surface area contributed by atoms with E-state index < -0.39 is 0 Å². The second-order valence-electron chi connectivity index (χ2n) is 8.97. The van der Waals surface area contributed by atoms with Crippen LogP contribution in [0.3, 0.4) is 0 Å². The van der Waals surface area contributed by atoms with E-state index in [9.17, 15) is 9.59 Å².